The molecule has 0 saturated carbocycles. The van der Waals surface area contributed by atoms with Crippen molar-refractivity contribution >= 4 is 17.6 Å². The van der Waals surface area contributed by atoms with Crippen LogP contribution in [0.25, 0.3) is 0 Å². The number of benzene rings is 2. The average Bonchev–Trinajstić information content (AvgIpc) is 2.66. The fraction of sp³-hybridized carbons (Fsp3) is 0.263. The first kappa shape index (κ1) is 21.1. The summed E-state index contributed by atoms with van der Waals surface area (Å²) in [6.07, 6.45) is -5.75. The quantitative estimate of drug-likeness (QED) is 0.722. The molecule has 1 N–H and O–H groups in total. The van der Waals surface area contributed by atoms with E-state index in [1.807, 2.05) is 0 Å². The lowest BCUT2D eigenvalue weighted by molar-refractivity contribution is -0.155. The molecule has 0 aliphatic heterocycles. The molecule has 2 aromatic carbocycles. The molecule has 0 aliphatic rings. The van der Waals surface area contributed by atoms with E-state index in [0.717, 1.165) is 18.2 Å². The molecule has 0 radical (unpaired) electrons. The van der Waals surface area contributed by atoms with Gasteiger partial charge in [0.1, 0.15) is 11.5 Å². The van der Waals surface area contributed by atoms with E-state index >= 15 is 0 Å². The van der Waals surface area contributed by atoms with E-state index in [1.165, 1.54) is 20.1 Å². The average molecular weight is 397 g/mol. The molecule has 0 fully saturated rings. The predicted molar refractivity (Wildman–Crippen MR) is 94.1 cm³/mol. The Hall–Kier alpha value is -3.23. The lowest BCUT2D eigenvalue weighted by Gasteiger charge is -2.15. The molecular formula is C19H18F3NO5. The summed E-state index contributed by atoms with van der Waals surface area (Å²) in [5.74, 6) is -0.548. The molecule has 2 rings (SSSR count). The van der Waals surface area contributed by atoms with Crippen LogP contribution in [0, 0.1) is 0 Å². The number of rotatable bonds is 7. The molecule has 0 unspecified atom stereocenters. The third-order valence-corrected chi connectivity index (χ3v) is 3.55. The largest absolute Gasteiger partial charge is 0.497 e. The minimum Gasteiger partial charge on any atom is -0.497 e. The lowest BCUT2D eigenvalue weighted by Crippen LogP contribution is -2.31. The summed E-state index contributed by atoms with van der Waals surface area (Å²) >= 11 is 0. The SMILES string of the molecule is COc1ccc(OCC(=O)O[C@@H](C)C(=O)Nc2cccc(C(F)(F)F)c2)cc1. The van der Waals surface area contributed by atoms with Crippen molar-refractivity contribution in [2.24, 2.45) is 0 Å². The van der Waals surface area contributed by atoms with E-state index in [2.05, 4.69) is 5.32 Å². The fourth-order valence-electron chi connectivity index (χ4n) is 2.12. The second-order valence-electron chi connectivity index (χ2n) is 5.66. The number of halogens is 3. The van der Waals surface area contributed by atoms with Gasteiger partial charge in [-0.2, -0.15) is 13.2 Å². The van der Waals surface area contributed by atoms with Crippen molar-refractivity contribution in [1.82, 2.24) is 0 Å². The Morgan fingerprint density at radius 2 is 1.71 bits per heavy atom. The molecular weight excluding hydrogens is 379 g/mol. The van der Waals surface area contributed by atoms with Crippen molar-refractivity contribution in [2.45, 2.75) is 19.2 Å². The number of nitrogens with one attached hydrogen (secondary N) is 1. The molecule has 0 aliphatic carbocycles. The molecule has 0 bridgehead atoms. The number of amides is 1. The Bertz CT molecular complexity index is 821. The molecule has 0 heterocycles. The van der Waals surface area contributed by atoms with Gasteiger partial charge in [-0.15, -0.1) is 0 Å². The van der Waals surface area contributed by atoms with E-state index in [1.54, 1.807) is 24.3 Å². The maximum atomic E-state index is 12.7. The van der Waals surface area contributed by atoms with Gasteiger partial charge in [-0.1, -0.05) is 6.07 Å². The molecule has 0 aromatic heterocycles. The Morgan fingerprint density at radius 1 is 1.07 bits per heavy atom. The van der Waals surface area contributed by atoms with Crippen molar-refractivity contribution < 1.29 is 37.0 Å². The van der Waals surface area contributed by atoms with Crippen LogP contribution in [0.5, 0.6) is 11.5 Å². The number of hydrogen-bond donors (Lipinski definition) is 1. The van der Waals surface area contributed by atoms with Crippen LogP contribution in [0.3, 0.4) is 0 Å². The highest BCUT2D eigenvalue weighted by Crippen LogP contribution is 2.30. The zero-order valence-corrected chi connectivity index (χ0v) is 15.1. The molecule has 2 aromatic rings. The minimum absolute atomic E-state index is 0.0581. The number of anilines is 1. The zero-order valence-electron chi connectivity index (χ0n) is 15.1. The van der Waals surface area contributed by atoms with E-state index < -0.39 is 36.3 Å². The molecule has 6 nitrogen and oxygen atoms in total. The Labute approximate surface area is 159 Å². The van der Waals surface area contributed by atoms with Gasteiger partial charge in [-0.3, -0.25) is 4.79 Å². The van der Waals surface area contributed by atoms with Crippen LogP contribution >= 0.6 is 0 Å². The summed E-state index contributed by atoms with van der Waals surface area (Å²) in [5, 5.41) is 2.28. The van der Waals surface area contributed by atoms with Crippen LogP contribution in [0.15, 0.2) is 48.5 Å². The number of methoxy groups -OCH3 is 1. The number of ether oxygens (including phenoxy) is 3. The van der Waals surface area contributed by atoms with E-state index in [0.29, 0.717) is 11.5 Å². The fourth-order valence-corrected chi connectivity index (χ4v) is 2.12. The molecule has 1 amide bonds. The Balaban J connectivity index is 1.85. The van der Waals surface area contributed by atoms with Crippen molar-refractivity contribution in [3.8, 4) is 11.5 Å². The first-order valence-electron chi connectivity index (χ1n) is 8.13. The minimum atomic E-state index is -4.53. The molecule has 150 valence electrons. The van der Waals surface area contributed by atoms with Crippen molar-refractivity contribution in [3.05, 3.63) is 54.1 Å². The van der Waals surface area contributed by atoms with E-state index in [9.17, 15) is 22.8 Å². The van der Waals surface area contributed by atoms with Gasteiger partial charge in [0, 0.05) is 5.69 Å². The van der Waals surface area contributed by atoms with Crippen LogP contribution < -0.4 is 14.8 Å². The number of hydrogen-bond acceptors (Lipinski definition) is 5. The summed E-state index contributed by atoms with van der Waals surface area (Å²) < 4.78 is 53.3. The van der Waals surface area contributed by atoms with Gasteiger partial charge in [0.25, 0.3) is 5.91 Å². The van der Waals surface area contributed by atoms with Crippen LogP contribution in [0.1, 0.15) is 12.5 Å². The molecule has 0 saturated heterocycles. The van der Waals surface area contributed by atoms with Gasteiger partial charge in [-0.05, 0) is 49.4 Å². The summed E-state index contributed by atoms with van der Waals surface area (Å²) in [6.45, 7) is 0.863. The molecule has 0 spiro atoms. The van der Waals surface area contributed by atoms with Gasteiger partial charge in [0.15, 0.2) is 12.7 Å². The summed E-state index contributed by atoms with van der Waals surface area (Å²) in [7, 11) is 1.51. The van der Waals surface area contributed by atoms with Gasteiger partial charge in [-0.25, -0.2) is 4.79 Å². The van der Waals surface area contributed by atoms with Crippen LogP contribution in [0.4, 0.5) is 18.9 Å². The first-order valence-corrected chi connectivity index (χ1v) is 8.13. The highest BCUT2D eigenvalue weighted by molar-refractivity contribution is 5.95. The Kier molecular flexibility index (Phi) is 6.86. The maximum absolute atomic E-state index is 12.7. The van der Waals surface area contributed by atoms with Gasteiger partial charge < -0.3 is 19.5 Å². The molecule has 28 heavy (non-hydrogen) atoms. The van der Waals surface area contributed by atoms with E-state index in [-0.39, 0.29) is 5.69 Å². The monoisotopic (exact) mass is 397 g/mol. The highest BCUT2D eigenvalue weighted by atomic mass is 19.4. The first-order chi connectivity index (χ1) is 13.2. The predicted octanol–water partition coefficient (Wildman–Crippen LogP) is 3.66. The molecule has 1 atom stereocenters. The van der Waals surface area contributed by atoms with Crippen LogP contribution in [0.2, 0.25) is 0 Å². The second-order valence-corrected chi connectivity index (χ2v) is 5.66. The van der Waals surface area contributed by atoms with E-state index in [4.69, 9.17) is 14.2 Å². The summed E-state index contributed by atoms with van der Waals surface area (Å²) in [4.78, 5) is 23.8. The topological polar surface area (TPSA) is 73.9 Å². The number of alkyl halides is 3. The third-order valence-electron chi connectivity index (χ3n) is 3.55. The van der Waals surface area contributed by atoms with Crippen LogP contribution in [-0.4, -0.2) is 31.7 Å². The lowest BCUT2D eigenvalue weighted by atomic mass is 10.2. The number of carbonyl (C=O) groups is 2. The van der Waals surface area contributed by atoms with Crippen molar-refractivity contribution in [2.75, 3.05) is 19.0 Å². The summed E-state index contributed by atoms with van der Waals surface area (Å²) in [6, 6.07) is 10.6. The van der Waals surface area contributed by atoms with Crippen LogP contribution in [-0.2, 0) is 20.5 Å². The third kappa shape index (κ3) is 6.19. The van der Waals surface area contributed by atoms with Crippen molar-refractivity contribution in [3.63, 3.8) is 0 Å². The smallest absolute Gasteiger partial charge is 0.416 e. The Morgan fingerprint density at radius 3 is 2.32 bits per heavy atom. The second kappa shape index (κ2) is 9.12. The zero-order chi connectivity index (χ0) is 20.7. The highest BCUT2D eigenvalue weighted by Gasteiger charge is 2.30. The standard InChI is InChI=1S/C19H18F3NO5/c1-12(18(25)23-14-5-3-4-13(10-14)19(20,21)22)28-17(24)11-27-16-8-6-15(26-2)7-9-16/h3-10,12H,11H2,1-2H3,(H,23,25)/t12-/m0/s1. The molecule has 9 heteroatoms. The van der Waals surface area contributed by atoms with Gasteiger partial charge in [0.05, 0.1) is 12.7 Å². The normalized spacial score (nSPS) is 12.0. The maximum Gasteiger partial charge on any atom is 0.416 e. The number of esters is 1. The summed E-state index contributed by atoms with van der Waals surface area (Å²) in [5.41, 5.74) is -0.958. The number of carbonyl (C=O) groups excluding carboxylic acids is 2. The van der Waals surface area contributed by atoms with Crippen molar-refractivity contribution in [1.29, 1.82) is 0 Å². The van der Waals surface area contributed by atoms with Gasteiger partial charge >= 0.3 is 12.1 Å². The van der Waals surface area contributed by atoms with Gasteiger partial charge in [0.2, 0.25) is 0 Å².